The van der Waals surface area contributed by atoms with E-state index in [0.717, 1.165) is 0 Å². The van der Waals surface area contributed by atoms with E-state index in [9.17, 15) is 14.9 Å². The van der Waals surface area contributed by atoms with Crippen molar-refractivity contribution in [3.05, 3.63) is 52.0 Å². The number of nitro groups is 1. The zero-order valence-corrected chi connectivity index (χ0v) is 23.6. The van der Waals surface area contributed by atoms with Gasteiger partial charge >= 0.3 is 203 Å². The Morgan fingerprint density at radius 1 is 1.03 bits per heavy atom. The molecule has 0 bridgehead atoms. The van der Waals surface area contributed by atoms with Crippen molar-refractivity contribution in [2.45, 2.75) is 86.1 Å². The number of rotatable bonds is 15. The van der Waals surface area contributed by atoms with Gasteiger partial charge in [0, 0.05) is 0 Å². The van der Waals surface area contributed by atoms with Crippen molar-refractivity contribution in [3.8, 4) is 0 Å². The fourth-order valence-electron chi connectivity index (χ4n) is 4.59. The first-order valence-corrected chi connectivity index (χ1v) is 19.9. The molecule has 1 N–H and O–H groups in total. The van der Waals surface area contributed by atoms with Gasteiger partial charge in [0.2, 0.25) is 0 Å². The number of benzene rings is 1. The van der Waals surface area contributed by atoms with Crippen molar-refractivity contribution in [1.82, 2.24) is 14.9 Å². The summed E-state index contributed by atoms with van der Waals surface area (Å²) >= 11 is -2.49. The molecule has 0 radical (unpaired) electrons. The van der Waals surface area contributed by atoms with Crippen molar-refractivity contribution >= 4 is 33.7 Å². The van der Waals surface area contributed by atoms with Crippen molar-refractivity contribution in [1.29, 1.82) is 0 Å². The third kappa shape index (κ3) is 7.55. The van der Waals surface area contributed by atoms with Gasteiger partial charge in [0.05, 0.1) is 0 Å². The van der Waals surface area contributed by atoms with Gasteiger partial charge in [-0.25, -0.2) is 0 Å². The second-order valence-corrected chi connectivity index (χ2v) is 22.2. The Morgan fingerprint density at radius 2 is 1.58 bits per heavy atom. The number of imidazole rings is 1. The average molecular weight is 563 g/mol. The molecule has 0 unspecified atom stereocenters. The van der Waals surface area contributed by atoms with Crippen LogP contribution in [0, 0.1) is 17.0 Å². The van der Waals surface area contributed by atoms with E-state index in [2.05, 4.69) is 43.2 Å². The van der Waals surface area contributed by atoms with Gasteiger partial charge in [0.15, 0.2) is 0 Å². The van der Waals surface area contributed by atoms with Crippen LogP contribution >= 0.6 is 0 Å². The molecule has 0 aliphatic rings. The number of aromatic nitrogens is 2. The molecular weight excluding hydrogens is 523 g/mol. The molecule has 0 fully saturated rings. The molecule has 0 atom stereocenters. The van der Waals surface area contributed by atoms with Crippen molar-refractivity contribution in [3.63, 3.8) is 0 Å². The summed E-state index contributed by atoms with van der Waals surface area (Å²) < 4.78 is 7.28. The molecule has 0 aliphatic carbocycles. The number of unbranched alkanes of at least 4 members (excludes halogenated alkanes) is 3. The number of amides is 1. The summed E-state index contributed by atoms with van der Waals surface area (Å²) in [6.45, 7) is 9.19. The number of hydrogen-bond donors (Lipinski definition) is 1. The van der Waals surface area contributed by atoms with Gasteiger partial charge in [-0.1, -0.05) is 0 Å². The second kappa shape index (κ2) is 13.7. The minimum atomic E-state index is -2.49. The molecule has 1 heterocycles. The van der Waals surface area contributed by atoms with E-state index < -0.39 is 23.3 Å². The van der Waals surface area contributed by atoms with E-state index >= 15 is 0 Å². The molecule has 0 aliphatic heterocycles. The Hall–Kier alpha value is -1.90. The van der Waals surface area contributed by atoms with E-state index in [4.69, 9.17) is 0 Å². The number of carbonyl (C=O) groups excluding carboxylic acids is 1. The zero-order valence-electron chi connectivity index (χ0n) is 20.7. The summed E-state index contributed by atoms with van der Waals surface area (Å²) in [5, 5.41) is 14.0. The summed E-state index contributed by atoms with van der Waals surface area (Å²) in [7, 11) is 0. The molecule has 33 heavy (non-hydrogen) atoms. The average Bonchev–Trinajstić information content (AvgIpc) is 3.19. The molecule has 1 aromatic carbocycles. The second-order valence-electron chi connectivity index (χ2n) is 9.00. The minimum absolute atomic E-state index is 0.0545. The van der Waals surface area contributed by atoms with Crippen LogP contribution in [0.4, 0.5) is 5.82 Å². The molecule has 0 spiro atoms. The Labute approximate surface area is 202 Å². The molecular formula is C25H40N4O3Sn. The Kier molecular flexibility index (Phi) is 11.4. The summed E-state index contributed by atoms with van der Waals surface area (Å²) in [4.78, 5) is 27.4. The summed E-state index contributed by atoms with van der Waals surface area (Å²) in [5.41, 5.74) is 0.650. The van der Waals surface area contributed by atoms with Crippen LogP contribution in [0.1, 0.15) is 75.5 Å². The summed E-state index contributed by atoms with van der Waals surface area (Å²) in [6.07, 6.45) is 8.91. The van der Waals surface area contributed by atoms with Crippen LogP contribution in [0.2, 0.25) is 13.3 Å². The Morgan fingerprint density at radius 3 is 2.06 bits per heavy atom. The third-order valence-electron chi connectivity index (χ3n) is 6.63. The maximum absolute atomic E-state index is 12.7. The third-order valence-corrected chi connectivity index (χ3v) is 22.3. The topological polar surface area (TPSA) is 90.1 Å². The first-order valence-electron chi connectivity index (χ1n) is 12.4. The van der Waals surface area contributed by atoms with Gasteiger partial charge in [-0.15, -0.1) is 0 Å². The Bertz CT molecular complexity index is 874. The maximum atomic E-state index is 12.7. The SMILES string of the molecule is CCC[CH2][Sn]([CH2]CCC)([CH2]CCC)[c]1ccc(C(=O)NCCn2c([N+](=O)[O-])cnc2C)cc1. The fraction of sp³-hybridized carbons (Fsp3) is 0.600. The van der Waals surface area contributed by atoms with Crippen LogP contribution in [-0.2, 0) is 6.54 Å². The molecule has 1 amide bonds. The van der Waals surface area contributed by atoms with E-state index in [1.165, 1.54) is 62.6 Å². The number of carbonyl (C=O) groups is 1. The number of nitrogens with zero attached hydrogens (tertiary/aromatic N) is 3. The normalized spacial score (nSPS) is 11.5. The molecule has 7 nitrogen and oxygen atoms in total. The quantitative estimate of drug-likeness (QED) is 0.174. The number of nitrogens with one attached hydrogen (secondary N) is 1. The molecule has 182 valence electrons. The Balaban J connectivity index is 2.09. The predicted molar refractivity (Wildman–Crippen MR) is 137 cm³/mol. The van der Waals surface area contributed by atoms with Crippen LogP contribution in [0.25, 0.3) is 0 Å². The van der Waals surface area contributed by atoms with Crippen molar-refractivity contribution in [2.75, 3.05) is 6.54 Å². The monoisotopic (exact) mass is 564 g/mol. The molecule has 8 heteroatoms. The summed E-state index contributed by atoms with van der Waals surface area (Å²) in [5.74, 6) is 0.370. The summed E-state index contributed by atoms with van der Waals surface area (Å²) in [6, 6.07) is 8.42. The standard InChI is InChI=1S/C13H13N4O3.3C4H9.Sn/c1-10-15-9-12(17(19)20)16(10)8-7-14-13(18)11-5-3-2-4-6-11;3*1-3-4-2;/h3-6,9H,7-8H2,1H3,(H,14,18);3*1,3-4H2,2H3;. The van der Waals surface area contributed by atoms with Gasteiger partial charge in [0.1, 0.15) is 0 Å². The van der Waals surface area contributed by atoms with Crippen LogP contribution in [0.5, 0.6) is 0 Å². The molecule has 2 aromatic rings. The van der Waals surface area contributed by atoms with E-state index in [-0.39, 0.29) is 11.7 Å². The van der Waals surface area contributed by atoms with Gasteiger partial charge in [-0.05, 0) is 0 Å². The first kappa shape index (κ1) is 27.3. The predicted octanol–water partition coefficient (Wildman–Crippen LogP) is 5.59. The van der Waals surface area contributed by atoms with Crippen LogP contribution in [0.15, 0.2) is 30.5 Å². The fourth-order valence-corrected chi connectivity index (χ4v) is 20.5. The zero-order chi connectivity index (χ0) is 24.3. The molecule has 0 saturated carbocycles. The van der Waals surface area contributed by atoms with Crippen LogP contribution in [0.3, 0.4) is 0 Å². The molecule has 2 rings (SSSR count). The van der Waals surface area contributed by atoms with Crippen LogP contribution < -0.4 is 8.90 Å². The number of hydrogen-bond acceptors (Lipinski definition) is 4. The van der Waals surface area contributed by atoms with Gasteiger partial charge < -0.3 is 0 Å². The van der Waals surface area contributed by atoms with Crippen molar-refractivity contribution < 1.29 is 9.72 Å². The molecule has 0 saturated heterocycles. The van der Waals surface area contributed by atoms with Crippen molar-refractivity contribution in [2.24, 2.45) is 0 Å². The van der Waals surface area contributed by atoms with Gasteiger partial charge in [0.25, 0.3) is 0 Å². The molecule has 1 aromatic heterocycles. The van der Waals surface area contributed by atoms with E-state index in [0.29, 0.717) is 24.5 Å². The van der Waals surface area contributed by atoms with Crippen LogP contribution in [-0.4, -0.2) is 45.3 Å². The number of aryl methyl sites for hydroxylation is 1. The van der Waals surface area contributed by atoms with Gasteiger partial charge in [-0.3, -0.25) is 0 Å². The van der Waals surface area contributed by atoms with Gasteiger partial charge in [-0.2, -0.15) is 0 Å². The first-order chi connectivity index (χ1) is 15.9. The van der Waals surface area contributed by atoms with E-state index in [1.54, 1.807) is 10.5 Å². The van der Waals surface area contributed by atoms with E-state index in [1.807, 2.05) is 12.1 Å².